The molecule has 1 N–H and O–H groups in total. The molecule has 0 saturated heterocycles. The molecule has 2 amide bonds. The summed E-state index contributed by atoms with van der Waals surface area (Å²) in [5, 5.41) is 2.94. The van der Waals surface area contributed by atoms with Crippen LogP contribution in [0.5, 0.6) is 0 Å². The first-order chi connectivity index (χ1) is 18.1. The minimum atomic E-state index is -3.90. The van der Waals surface area contributed by atoms with Crippen LogP contribution in [0.3, 0.4) is 0 Å². The van der Waals surface area contributed by atoms with Crippen LogP contribution in [0.2, 0.25) is 0 Å². The third-order valence-corrected chi connectivity index (χ3v) is 8.33. The van der Waals surface area contributed by atoms with Gasteiger partial charge in [0.25, 0.3) is 0 Å². The van der Waals surface area contributed by atoms with E-state index in [0.717, 1.165) is 33.0 Å². The molecule has 7 nitrogen and oxygen atoms in total. The highest BCUT2D eigenvalue weighted by atomic mass is 32.2. The van der Waals surface area contributed by atoms with Gasteiger partial charge in [0.05, 0.1) is 11.4 Å². The van der Waals surface area contributed by atoms with E-state index in [2.05, 4.69) is 5.32 Å². The van der Waals surface area contributed by atoms with Crippen molar-refractivity contribution in [3.05, 3.63) is 101 Å². The van der Waals surface area contributed by atoms with Crippen molar-refractivity contribution in [2.45, 2.75) is 51.1 Å². The van der Waals surface area contributed by atoms with Gasteiger partial charge in [0, 0.05) is 26.6 Å². The molecule has 0 unspecified atom stereocenters. The topological polar surface area (TPSA) is 86.8 Å². The SMILES string of the molecule is CCCNC(=O)[C@@H](Cc1ccccc1)N(Cc1ccccc1C)C(=O)CN(C)S(=O)(=O)c1ccc(C)cc1. The molecule has 38 heavy (non-hydrogen) atoms. The molecule has 3 aromatic rings. The minimum absolute atomic E-state index is 0.116. The number of hydrogen-bond acceptors (Lipinski definition) is 4. The van der Waals surface area contributed by atoms with Gasteiger partial charge in [-0.1, -0.05) is 79.2 Å². The summed E-state index contributed by atoms with van der Waals surface area (Å²) in [6.07, 6.45) is 1.06. The van der Waals surface area contributed by atoms with E-state index in [9.17, 15) is 18.0 Å². The fourth-order valence-electron chi connectivity index (χ4n) is 4.15. The lowest BCUT2D eigenvalue weighted by Crippen LogP contribution is -2.53. The van der Waals surface area contributed by atoms with Crippen LogP contribution in [-0.4, -0.2) is 55.6 Å². The van der Waals surface area contributed by atoms with Crippen LogP contribution in [0.15, 0.2) is 83.8 Å². The lowest BCUT2D eigenvalue weighted by atomic mass is 10.0. The summed E-state index contributed by atoms with van der Waals surface area (Å²) in [7, 11) is -2.51. The summed E-state index contributed by atoms with van der Waals surface area (Å²) in [4.78, 5) is 28.9. The zero-order valence-corrected chi connectivity index (χ0v) is 23.4. The number of carbonyl (C=O) groups excluding carboxylic acids is 2. The van der Waals surface area contributed by atoms with Gasteiger partial charge >= 0.3 is 0 Å². The molecule has 0 aliphatic heterocycles. The number of nitrogens with one attached hydrogen (secondary N) is 1. The van der Waals surface area contributed by atoms with Crippen LogP contribution in [0.1, 0.15) is 35.6 Å². The molecule has 0 bridgehead atoms. The fraction of sp³-hybridized carbons (Fsp3) is 0.333. The molecule has 8 heteroatoms. The van der Waals surface area contributed by atoms with Crippen LogP contribution >= 0.6 is 0 Å². The summed E-state index contributed by atoms with van der Waals surface area (Å²) in [6.45, 7) is 6.07. The Kier molecular flexibility index (Phi) is 10.2. The van der Waals surface area contributed by atoms with E-state index in [0.29, 0.717) is 13.0 Å². The van der Waals surface area contributed by atoms with Gasteiger partial charge in [0.15, 0.2) is 0 Å². The number of likely N-dealkylation sites (N-methyl/N-ethyl adjacent to an activating group) is 1. The largest absolute Gasteiger partial charge is 0.354 e. The second kappa shape index (κ2) is 13.3. The van der Waals surface area contributed by atoms with Gasteiger partial charge in [-0.05, 0) is 49.1 Å². The van der Waals surface area contributed by atoms with E-state index in [1.807, 2.05) is 75.4 Å². The van der Waals surface area contributed by atoms with Gasteiger partial charge in [0.2, 0.25) is 21.8 Å². The summed E-state index contributed by atoms with van der Waals surface area (Å²) in [6, 6.07) is 22.9. The number of aryl methyl sites for hydroxylation is 2. The normalized spacial score (nSPS) is 12.2. The van der Waals surface area contributed by atoms with Crippen LogP contribution in [0.25, 0.3) is 0 Å². The Bertz CT molecular complexity index is 1330. The molecule has 0 saturated carbocycles. The molecule has 0 aliphatic carbocycles. The van der Waals surface area contributed by atoms with Crippen molar-refractivity contribution in [1.82, 2.24) is 14.5 Å². The van der Waals surface area contributed by atoms with Crippen molar-refractivity contribution in [1.29, 1.82) is 0 Å². The Labute approximate surface area is 226 Å². The zero-order chi connectivity index (χ0) is 27.7. The average molecular weight is 536 g/mol. The van der Waals surface area contributed by atoms with E-state index >= 15 is 0 Å². The number of carbonyl (C=O) groups is 2. The second-order valence-electron chi connectivity index (χ2n) is 9.52. The van der Waals surface area contributed by atoms with Crippen LogP contribution in [-0.2, 0) is 32.6 Å². The Morgan fingerprint density at radius 2 is 1.53 bits per heavy atom. The quantitative estimate of drug-likeness (QED) is 0.379. The predicted octanol–water partition coefficient (Wildman–Crippen LogP) is 4.09. The Balaban J connectivity index is 1.97. The zero-order valence-electron chi connectivity index (χ0n) is 22.6. The number of nitrogens with zero attached hydrogens (tertiary/aromatic N) is 2. The number of amides is 2. The van der Waals surface area contributed by atoms with Crippen LogP contribution in [0, 0.1) is 13.8 Å². The Morgan fingerprint density at radius 1 is 0.895 bits per heavy atom. The molecule has 0 radical (unpaired) electrons. The van der Waals surface area contributed by atoms with Gasteiger partial charge < -0.3 is 10.2 Å². The number of hydrogen-bond donors (Lipinski definition) is 1. The van der Waals surface area contributed by atoms with Crippen molar-refractivity contribution in [3.8, 4) is 0 Å². The van der Waals surface area contributed by atoms with Gasteiger partial charge in [-0.2, -0.15) is 4.31 Å². The van der Waals surface area contributed by atoms with Crippen LogP contribution < -0.4 is 5.32 Å². The first-order valence-corrected chi connectivity index (χ1v) is 14.3. The van der Waals surface area contributed by atoms with E-state index in [1.54, 1.807) is 12.1 Å². The molecule has 0 spiro atoms. The molecular formula is C30H37N3O4S. The highest BCUT2D eigenvalue weighted by Gasteiger charge is 2.33. The van der Waals surface area contributed by atoms with Gasteiger partial charge in [-0.3, -0.25) is 9.59 Å². The summed E-state index contributed by atoms with van der Waals surface area (Å²) in [5.74, 6) is -0.708. The highest BCUT2D eigenvalue weighted by molar-refractivity contribution is 7.89. The fourth-order valence-corrected chi connectivity index (χ4v) is 5.27. The van der Waals surface area contributed by atoms with E-state index in [1.165, 1.54) is 24.1 Å². The molecular weight excluding hydrogens is 498 g/mol. The number of rotatable bonds is 12. The van der Waals surface area contributed by atoms with Gasteiger partial charge in [-0.15, -0.1) is 0 Å². The predicted molar refractivity (Wildman–Crippen MR) is 150 cm³/mol. The van der Waals surface area contributed by atoms with Crippen molar-refractivity contribution in [2.24, 2.45) is 0 Å². The summed E-state index contributed by atoms with van der Waals surface area (Å²) >= 11 is 0. The second-order valence-corrected chi connectivity index (χ2v) is 11.6. The summed E-state index contributed by atoms with van der Waals surface area (Å²) < 4.78 is 27.5. The van der Waals surface area contributed by atoms with E-state index < -0.39 is 28.5 Å². The molecule has 1 atom stereocenters. The van der Waals surface area contributed by atoms with Crippen molar-refractivity contribution >= 4 is 21.8 Å². The molecule has 3 aromatic carbocycles. The summed E-state index contributed by atoms with van der Waals surface area (Å²) in [5.41, 5.74) is 3.73. The Morgan fingerprint density at radius 3 is 2.16 bits per heavy atom. The van der Waals surface area contributed by atoms with Gasteiger partial charge in [0.1, 0.15) is 6.04 Å². The minimum Gasteiger partial charge on any atom is -0.354 e. The molecule has 3 rings (SSSR count). The monoisotopic (exact) mass is 535 g/mol. The number of benzene rings is 3. The lowest BCUT2D eigenvalue weighted by molar-refractivity contribution is -0.141. The van der Waals surface area contributed by atoms with E-state index in [4.69, 9.17) is 0 Å². The first kappa shape index (κ1) is 29.1. The maximum atomic E-state index is 13.9. The van der Waals surface area contributed by atoms with Crippen molar-refractivity contribution in [2.75, 3.05) is 20.1 Å². The number of sulfonamides is 1. The average Bonchev–Trinajstić information content (AvgIpc) is 2.91. The van der Waals surface area contributed by atoms with Crippen molar-refractivity contribution < 1.29 is 18.0 Å². The standard InChI is InChI=1S/C30H37N3O4S/c1-5-19-31-30(35)28(20-25-12-7-6-8-13-25)33(21-26-14-10-9-11-24(26)3)29(34)22-32(4)38(36,37)27-17-15-23(2)16-18-27/h6-18,28H,5,19-22H2,1-4H3,(H,31,35)/t28-/m1/s1. The third kappa shape index (κ3) is 7.52. The van der Waals surface area contributed by atoms with Crippen molar-refractivity contribution in [3.63, 3.8) is 0 Å². The maximum absolute atomic E-state index is 13.9. The highest BCUT2D eigenvalue weighted by Crippen LogP contribution is 2.19. The third-order valence-electron chi connectivity index (χ3n) is 6.51. The van der Waals surface area contributed by atoms with Gasteiger partial charge in [-0.25, -0.2) is 8.42 Å². The smallest absolute Gasteiger partial charge is 0.243 e. The lowest BCUT2D eigenvalue weighted by Gasteiger charge is -2.33. The molecule has 0 fully saturated rings. The molecule has 0 aliphatic rings. The first-order valence-electron chi connectivity index (χ1n) is 12.8. The maximum Gasteiger partial charge on any atom is 0.243 e. The molecule has 202 valence electrons. The van der Waals surface area contributed by atoms with Crippen LogP contribution in [0.4, 0.5) is 0 Å². The molecule has 0 heterocycles. The Hall–Kier alpha value is -3.49. The molecule has 0 aromatic heterocycles. The van der Waals surface area contributed by atoms with E-state index in [-0.39, 0.29) is 17.3 Å².